The van der Waals surface area contributed by atoms with E-state index >= 15 is 0 Å². The van der Waals surface area contributed by atoms with Crippen LogP contribution in [0.25, 0.3) is 0 Å². The average Bonchev–Trinajstić information content (AvgIpc) is 2.91. The summed E-state index contributed by atoms with van der Waals surface area (Å²) in [5.41, 5.74) is 1.39. The molecule has 39 heavy (non-hydrogen) atoms. The van der Waals surface area contributed by atoms with Crippen LogP contribution in [-0.2, 0) is 26.2 Å². The fraction of sp³-hybridized carbons (Fsp3) is 0.333. The highest BCUT2D eigenvalue weighted by molar-refractivity contribution is 7.92. The molecule has 3 aromatic rings. The number of amides is 2. The highest BCUT2D eigenvalue weighted by Gasteiger charge is 2.34. The molecule has 0 aliphatic heterocycles. The van der Waals surface area contributed by atoms with Gasteiger partial charge in [-0.3, -0.25) is 13.9 Å². The van der Waals surface area contributed by atoms with Crippen molar-refractivity contribution in [3.8, 4) is 0 Å². The van der Waals surface area contributed by atoms with Crippen molar-refractivity contribution in [3.05, 3.63) is 95.8 Å². The summed E-state index contributed by atoms with van der Waals surface area (Å²) >= 11 is 0. The molecule has 0 aliphatic rings. The van der Waals surface area contributed by atoms with Gasteiger partial charge in [0.25, 0.3) is 10.0 Å². The lowest BCUT2D eigenvalue weighted by molar-refractivity contribution is -0.140. The Labute approximate surface area is 230 Å². The van der Waals surface area contributed by atoms with Gasteiger partial charge in [-0.2, -0.15) is 0 Å². The molecule has 208 valence electrons. The summed E-state index contributed by atoms with van der Waals surface area (Å²) in [4.78, 5) is 28.4. The summed E-state index contributed by atoms with van der Waals surface area (Å²) in [7, 11) is -4.32. The molecule has 0 aromatic heterocycles. The van der Waals surface area contributed by atoms with Crippen LogP contribution in [0.5, 0.6) is 0 Å². The zero-order valence-electron chi connectivity index (χ0n) is 22.8. The maximum absolute atomic E-state index is 15.0. The molecule has 3 rings (SSSR count). The Hall–Kier alpha value is -3.72. The van der Waals surface area contributed by atoms with Crippen LogP contribution >= 0.6 is 0 Å². The van der Waals surface area contributed by atoms with Crippen LogP contribution in [0, 0.1) is 18.7 Å². The Morgan fingerprint density at radius 2 is 1.54 bits per heavy atom. The topological polar surface area (TPSA) is 86.8 Å². The van der Waals surface area contributed by atoms with Gasteiger partial charge in [-0.05, 0) is 49.1 Å². The summed E-state index contributed by atoms with van der Waals surface area (Å²) in [6.45, 7) is 7.40. The van der Waals surface area contributed by atoms with Crippen molar-refractivity contribution in [1.82, 2.24) is 10.2 Å². The third kappa shape index (κ3) is 7.66. The van der Waals surface area contributed by atoms with E-state index in [1.165, 1.54) is 35.2 Å². The van der Waals surface area contributed by atoms with Gasteiger partial charge in [0.2, 0.25) is 11.8 Å². The first kappa shape index (κ1) is 29.8. The van der Waals surface area contributed by atoms with Gasteiger partial charge in [0, 0.05) is 13.1 Å². The van der Waals surface area contributed by atoms with E-state index in [0.717, 1.165) is 21.5 Å². The number of hydrogen-bond acceptors (Lipinski definition) is 4. The predicted molar refractivity (Wildman–Crippen MR) is 151 cm³/mol. The van der Waals surface area contributed by atoms with Gasteiger partial charge in [-0.15, -0.1) is 0 Å². The van der Waals surface area contributed by atoms with Crippen LogP contribution in [0.3, 0.4) is 0 Å². The number of sulfonamides is 1. The number of para-hydroxylation sites is 1. The lowest BCUT2D eigenvalue weighted by Gasteiger charge is -2.33. The number of aryl methyl sites for hydroxylation is 1. The zero-order chi connectivity index (χ0) is 28.6. The molecule has 0 unspecified atom stereocenters. The fourth-order valence-electron chi connectivity index (χ4n) is 4.13. The molecule has 0 bridgehead atoms. The average molecular weight is 554 g/mol. The smallest absolute Gasteiger partial charge is 0.264 e. The summed E-state index contributed by atoms with van der Waals surface area (Å²) < 4.78 is 43.3. The van der Waals surface area contributed by atoms with Crippen LogP contribution in [0.2, 0.25) is 0 Å². The molecule has 0 radical (unpaired) electrons. The quantitative estimate of drug-likeness (QED) is 0.345. The predicted octanol–water partition coefficient (Wildman–Crippen LogP) is 4.91. The Balaban J connectivity index is 2.04. The van der Waals surface area contributed by atoms with Crippen molar-refractivity contribution in [3.63, 3.8) is 0 Å². The normalized spacial score (nSPS) is 12.2. The fourth-order valence-corrected chi connectivity index (χ4v) is 5.55. The first-order valence-corrected chi connectivity index (χ1v) is 14.4. The monoisotopic (exact) mass is 553 g/mol. The van der Waals surface area contributed by atoms with Gasteiger partial charge in [0.1, 0.15) is 18.4 Å². The Bertz CT molecular complexity index is 1360. The molecule has 0 fully saturated rings. The number of carbonyl (C=O) groups excluding carboxylic acids is 2. The molecule has 0 aliphatic carbocycles. The maximum atomic E-state index is 15.0. The van der Waals surface area contributed by atoms with Gasteiger partial charge in [-0.1, -0.05) is 80.9 Å². The van der Waals surface area contributed by atoms with Crippen molar-refractivity contribution in [1.29, 1.82) is 0 Å². The second kappa shape index (κ2) is 13.4. The SMILES string of the molecule is CC[C@H](C(=O)NCC(C)C)N(Cc1ccccc1)C(=O)CN(c1ccccc1F)S(=O)(=O)c1ccc(C)cc1. The number of rotatable bonds is 12. The van der Waals surface area contributed by atoms with E-state index in [-0.39, 0.29) is 29.0 Å². The summed E-state index contributed by atoms with van der Waals surface area (Å²) in [6.07, 6.45) is 0.312. The summed E-state index contributed by atoms with van der Waals surface area (Å²) in [6, 6.07) is 19.9. The van der Waals surface area contributed by atoms with Crippen LogP contribution in [0.1, 0.15) is 38.3 Å². The maximum Gasteiger partial charge on any atom is 0.264 e. The van der Waals surface area contributed by atoms with Gasteiger partial charge < -0.3 is 10.2 Å². The third-order valence-corrected chi connectivity index (χ3v) is 8.05. The van der Waals surface area contributed by atoms with E-state index in [1.807, 2.05) is 51.1 Å². The van der Waals surface area contributed by atoms with Gasteiger partial charge in [0.15, 0.2) is 0 Å². The van der Waals surface area contributed by atoms with E-state index in [4.69, 9.17) is 0 Å². The molecule has 9 heteroatoms. The van der Waals surface area contributed by atoms with Crippen molar-refractivity contribution in [2.75, 3.05) is 17.4 Å². The van der Waals surface area contributed by atoms with Crippen LogP contribution in [-0.4, -0.2) is 44.3 Å². The van der Waals surface area contributed by atoms with E-state index in [9.17, 15) is 22.4 Å². The molecule has 3 aromatic carbocycles. The standard InChI is InChI=1S/C30H36FN3O4S/c1-5-27(30(36)32-19-22(2)3)33(20-24-11-7-6-8-12-24)29(35)21-34(28-14-10-9-13-26(28)31)39(37,38)25-17-15-23(4)16-18-25/h6-18,22,27H,5,19-21H2,1-4H3,(H,32,36)/t27-/m1/s1. The number of anilines is 1. The lowest BCUT2D eigenvalue weighted by Crippen LogP contribution is -2.52. The van der Waals surface area contributed by atoms with E-state index in [0.29, 0.717) is 13.0 Å². The van der Waals surface area contributed by atoms with Crippen molar-refractivity contribution >= 4 is 27.5 Å². The first-order valence-electron chi connectivity index (χ1n) is 13.0. The first-order chi connectivity index (χ1) is 18.5. The largest absolute Gasteiger partial charge is 0.354 e. The Morgan fingerprint density at radius 1 is 0.923 bits per heavy atom. The highest BCUT2D eigenvalue weighted by Crippen LogP contribution is 2.27. The van der Waals surface area contributed by atoms with Crippen LogP contribution in [0.15, 0.2) is 83.8 Å². The number of benzene rings is 3. The third-order valence-electron chi connectivity index (χ3n) is 6.28. The molecule has 2 amide bonds. The van der Waals surface area contributed by atoms with E-state index in [1.54, 1.807) is 19.1 Å². The zero-order valence-corrected chi connectivity index (χ0v) is 23.6. The Morgan fingerprint density at radius 3 is 2.13 bits per heavy atom. The van der Waals surface area contributed by atoms with Crippen molar-refractivity contribution in [2.45, 2.75) is 51.6 Å². The number of hydrogen-bond donors (Lipinski definition) is 1. The number of nitrogens with one attached hydrogen (secondary N) is 1. The molecule has 1 atom stereocenters. The number of carbonyl (C=O) groups is 2. The second-order valence-electron chi connectivity index (χ2n) is 9.85. The minimum absolute atomic E-state index is 0.0690. The van der Waals surface area contributed by atoms with E-state index < -0.39 is 34.3 Å². The van der Waals surface area contributed by atoms with Gasteiger partial charge in [-0.25, -0.2) is 12.8 Å². The molecule has 0 spiro atoms. The van der Waals surface area contributed by atoms with Crippen LogP contribution in [0.4, 0.5) is 10.1 Å². The molecule has 1 N–H and O–H groups in total. The van der Waals surface area contributed by atoms with Crippen molar-refractivity contribution < 1.29 is 22.4 Å². The van der Waals surface area contributed by atoms with Gasteiger partial charge in [0.05, 0.1) is 10.6 Å². The summed E-state index contributed by atoms with van der Waals surface area (Å²) in [5.74, 6) is -1.52. The van der Waals surface area contributed by atoms with Crippen LogP contribution < -0.4 is 9.62 Å². The lowest BCUT2D eigenvalue weighted by atomic mass is 10.1. The second-order valence-corrected chi connectivity index (χ2v) is 11.7. The van der Waals surface area contributed by atoms with Gasteiger partial charge >= 0.3 is 0 Å². The van der Waals surface area contributed by atoms with Crippen molar-refractivity contribution in [2.24, 2.45) is 5.92 Å². The minimum atomic E-state index is -4.32. The summed E-state index contributed by atoms with van der Waals surface area (Å²) in [5, 5.41) is 2.89. The molecular formula is C30H36FN3O4S. The number of nitrogens with zero attached hydrogens (tertiary/aromatic N) is 2. The molecule has 0 saturated carbocycles. The minimum Gasteiger partial charge on any atom is -0.354 e. The molecule has 0 saturated heterocycles. The molecule has 7 nitrogen and oxygen atoms in total. The highest BCUT2D eigenvalue weighted by atomic mass is 32.2. The molecular weight excluding hydrogens is 517 g/mol. The van der Waals surface area contributed by atoms with E-state index in [2.05, 4.69) is 5.32 Å². The Kier molecular flexibility index (Phi) is 10.2. The molecule has 0 heterocycles. The number of halogens is 1.